The van der Waals surface area contributed by atoms with Crippen LogP contribution in [0.15, 0.2) is 29.4 Å². The molecular formula is C17H20N4O2S. The molecule has 0 aliphatic rings. The van der Waals surface area contributed by atoms with Crippen molar-refractivity contribution in [3.63, 3.8) is 0 Å². The molecule has 0 fully saturated rings. The van der Waals surface area contributed by atoms with Gasteiger partial charge in [0.1, 0.15) is 0 Å². The van der Waals surface area contributed by atoms with Crippen LogP contribution < -0.4 is 5.32 Å². The first kappa shape index (κ1) is 18.0. The van der Waals surface area contributed by atoms with Crippen LogP contribution in [-0.4, -0.2) is 34.9 Å². The average Bonchev–Trinajstić information content (AvgIpc) is 2.85. The van der Waals surface area contributed by atoms with E-state index in [1.54, 1.807) is 31.4 Å². The van der Waals surface area contributed by atoms with E-state index in [0.29, 0.717) is 24.4 Å². The summed E-state index contributed by atoms with van der Waals surface area (Å²) in [4.78, 5) is 16.6. The molecule has 0 aliphatic carbocycles. The van der Waals surface area contributed by atoms with Gasteiger partial charge in [-0.1, -0.05) is 17.8 Å². The Bertz CT molecular complexity index is 764. The van der Waals surface area contributed by atoms with Gasteiger partial charge in [-0.2, -0.15) is 5.26 Å². The van der Waals surface area contributed by atoms with Crippen LogP contribution in [0.1, 0.15) is 17.0 Å². The molecule has 0 aliphatic heterocycles. The third kappa shape index (κ3) is 4.60. The van der Waals surface area contributed by atoms with Gasteiger partial charge in [-0.05, 0) is 32.0 Å². The van der Waals surface area contributed by atoms with Crippen molar-refractivity contribution >= 4 is 23.4 Å². The Morgan fingerprint density at radius 1 is 1.46 bits per heavy atom. The molecule has 2 rings (SSSR count). The molecule has 0 radical (unpaired) electrons. The van der Waals surface area contributed by atoms with Gasteiger partial charge in [-0.15, -0.1) is 0 Å². The maximum Gasteiger partial charge on any atom is 0.234 e. The zero-order valence-corrected chi connectivity index (χ0v) is 14.8. The van der Waals surface area contributed by atoms with E-state index in [-0.39, 0.29) is 11.7 Å². The number of anilines is 1. The number of imidazole rings is 1. The van der Waals surface area contributed by atoms with Crippen LogP contribution in [0.5, 0.6) is 0 Å². The van der Waals surface area contributed by atoms with E-state index in [1.165, 1.54) is 11.8 Å². The topological polar surface area (TPSA) is 79.9 Å². The van der Waals surface area contributed by atoms with Crippen molar-refractivity contribution in [2.45, 2.75) is 25.5 Å². The van der Waals surface area contributed by atoms with E-state index in [4.69, 9.17) is 10.00 Å². The van der Waals surface area contributed by atoms with E-state index < -0.39 is 0 Å². The summed E-state index contributed by atoms with van der Waals surface area (Å²) in [6, 6.07) is 8.90. The van der Waals surface area contributed by atoms with Gasteiger partial charge in [0, 0.05) is 25.0 Å². The van der Waals surface area contributed by atoms with Gasteiger partial charge < -0.3 is 14.6 Å². The van der Waals surface area contributed by atoms with Crippen molar-refractivity contribution in [1.82, 2.24) is 9.55 Å². The molecule has 0 atom stereocenters. The van der Waals surface area contributed by atoms with Gasteiger partial charge in [-0.3, -0.25) is 4.79 Å². The summed E-state index contributed by atoms with van der Waals surface area (Å²) in [5.41, 5.74) is 3.17. The predicted molar refractivity (Wildman–Crippen MR) is 94.1 cm³/mol. The number of methoxy groups -OCH3 is 1. The number of hydrogen-bond acceptors (Lipinski definition) is 5. The molecule has 1 heterocycles. The fourth-order valence-corrected chi connectivity index (χ4v) is 3.09. The van der Waals surface area contributed by atoms with Gasteiger partial charge in [0.05, 0.1) is 29.7 Å². The van der Waals surface area contributed by atoms with Crippen LogP contribution in [0.4, 0.5) is 5.69 Å². The summed E-state index contributed by atoms with van der Waals surface area (Å²) in [7, 11) is 1.66. The maximum atomic E-state index is 12.1. The minimum atomic E-state index is -0.133. The zero-order valence-electron chi connectivity index (χ0n) is 14.0. The van der Waals surface area contributed by atoms with Gasteiger partial charge >= 0.3 is 0 Å². The number of hydrogen-bond donors (Lipinski definition) is 1. The Morgan fingerprint density at radius 3 is 2.96 bits per heavy atom. The number of aryl methyl sites for hydroxylation is 1. The highest BCUT2D eigenvalue weighted by Crippen LogP contribution is 2.21. The normalized spacial score (nSPS) is 10.4. The molecule has 6 nitrogen and oxygen atoms in total. The van der Waals surface area contributed by atoms with Gasteiger partial charge in [-0.25, -0.2) is 4.98 Å². The summed E-state index contributed by atoms with van der Waals surface area (Å²) in [5, 5.41) is 12.5. The molecule has 2 aromatic rings. The quantitative estimate of drug-likeness (QED) is 0.781. The van der Waals surface area contributed by atoms with E-state index >= 15 is 0 Å². The van der Waals surface area contributed by atoms with Crippen molar-refractivity contribution in [3.05, 3.63) is 41.2 Å². The van der Waals surface area contributed by atoms with Crippen molar-refractivity contribution in [1.29, 1.82) is 5.26 Å². The molecule has 0 bridgehead atoms. The highest BCUT2D eigenvalue weighted by Gasteiger charge is 2.13. The Balaban J connectivity index is 1.98. The van der Waals surface area contributed by atoms with Crippen molar-refractivity contribution < 1.29 is 9.53 Å². The van der Waals surface area contributed by atoms with Crippen LogP contribution in [-0.2, 0) is 16.1 Å². The third-order valence-corrected chi connectivity index (χ3v) is 4.53. The summed E-state index contributed by atoms with van der Waals surface area (Å²) < 4.78 is 7.19. The molecule has 1 amide bonds. The molecule has 1 N–H and O–H groups in total. The number of nitrogens with one attached hydrogen (secondary N) is 1. The SMILES string of the molecule is COCCn1c(SCC(=O)Nc2cccc(C#N)c2)nc(C)c1C. The summed E-state index contributed by atoms with van der Waals surface area (Å²) in [5.74, 6) is 0.117. The number of benzene rings is 1. The number of nitrogens with zero attached hydrogens (tertiary/aromatic N) is 3. The highest BCUT2D eigenvalue weighted by atomic mass is 32.2. The molecule has 7 heteroatoms. The minimum Gasteiger partial charge on any atom is -0.383 e. The van der Waals surface area contributed by atoms with E-state index in [9.17, 15) is 4.79 Å². The minimum absolute atomic E-state index is 0.133. The number of thioether (sulfide) groups is 1. The second-order valence-electron chi connectivity index (χ2n) is 5.24. The molecule has 0 saturated carbocycles. The van der Waals surface area contributed by atoms with Crippen LogP contribution in [0.2, 0.25) is 0 Å². The molecule has 126 valence electrons. The van der Waals surface area contributed by atoms with E-state index in [2.05, 4.69) is 20.9 Å². The summed E-state index contributed by atoms with van der Waals surface area (Å²) in [6.45, 7) is 5.26. The molecule has 0 saturated heterocycles. The van der Waals surface area contributed by atoms with Crippen LogP contribution >= 0.6 is 11.8 Å². The molecule has 0 unspecified atom stereocenters. The lowest BCUT2D eigenvalue weighted by atomic mass is 10.2. The van der Waals surface area contributed by atoms with Gasteiger partial charge in [0.25, 0.3) is 0 Å². The number of aromatic nitrogens is 2. The third-order valence-electron chi connectivity index (χ3n) is 3.55. The van der Waals surface area contributed by atoms with Crippen LogP contribution in [0, 0.1) is 25.2 Å². The van der Waals surface area contributed by atoms with Crippen LogP contribution in [0.25, 0.3) is 0 Å². The molecular weight excluding hydrogens is 324 g/mol. The predicted octanol–water partition coefficient (Wildman–Crippen LogP) is 2.75. The summed E-state index contributed by atoms with van der Waals surface area (Å²) >= 11 is 1.39. The lowest BCUT2D eigenvalue weighted by Crippen LogP contribution is -2.15. The second kappa shape index (κ2) is 8.52. The lowest BCUT2D eigenvalue weighted by molar-refractivity contribution is -0.113. The van der Waals surface area contributed by atoms with Crippen molar-refractivity contribution in [2.75, 3.05) is 24.8 Å². The van der Waals surface area contributed by atoms with E-state index in [0.717, 1.165) is 16.5 Å². The van der Waals surface area contributed by atoms with Crippen molar-refractivity contribution in [3.8, 4) is 6.07 Å². The van der Waals surface area contributed by atoms with E-state index in [1.807, 2.05) is 13.8 Å². The monoisotopic (exact) mass is 344 g/mol. The van der Waals surface area contributed by atoms with Crippen molar-refractivity contribution in [2.24, 2.45) is 0 Å². The fourth-order valence-electron chi connectivity index (χ4n) is 2.17. The number of amides is 1. The average molecular weight is 344 g/mol. The lowest BCUT2D eigenvalue weighted by Gasteiger charge is -2.09. The Hall–Kier alpha value is -2.30. The molecule has 1 aromatic carbocycles. The molecule has 0 spiro atoms. The first-order valence-electron chi connectivity index (χ1n) is 7.50. The largest absolute Gasteiger partial charge is 0.383 e. The number of ether oxygens (including phenoxy) is 1. The summed E-state index contributed by atoms with van der Waals surface area (Å²) in [6.07, 6.45) is 0. The first-order valence-corrected chi connectivity index (χ1v) is 8.49. The number of nitriles is 1. The Morgan fingerprint density at radius 2 is 2.25 bits per heavy atom. The number of carbonyl (C=O) groups excluding carboxylic acids is 1. The number of carbonyl (C=O) groups is 1. The smallest absolute Gasteiger partial charge is 0.234 e. The maximum absolute atomic E-state index is 12.1. The van der Waals surface area contributed by atoms with Crippen LogP contribution in [0.3, 0.4) is 0 Å². The first-order chi connectivity index (χ1) is 11.5. The van der Waals surface area contributed by atoms with Gasteiger partial charge in [0.15, 0.2) is 5.16 Å². The standard InChI is InChI=1S/C17H20N4O2S/c1-12-13(2)21(7-8-23-3)17(19-12)24-11-16(22)20-15-6-4-5-14(9-15)10-18/h4-6,9H,7-8,11H2,1-3H3,(H,20,22). The highest BCUT2D eigenvalue weighted by molar-refractivity contribution is 7.99. The Kier molecular flexibility index (Phi) is 6.41. The Labute approximate surface area is 145 Å². The zero-order chi connectivity index (χ0) is 17.5. The molecule has 1 aromatic heterocycles. The fraction of sp³-hybridized carbons (Fsp3) is 0.353. The second-order valence-corrected chi connectivity index (χ2v) is 6.18. The molecule has 24 heavy (non-hydrogen) atoms. The van der Waals surface area contributed by atoms with Gasteiger partial charge in [0.2, 0.25) is 5.91 Å². The number of rotatable bonds is 7.